The number of benzene rings is 2. The number of carboxylic acids is 1. The summed E-state index contributed by atoms with van der Waals surface area (Å²) in [4.78, 5) is 32.5. The number of carbonyl (C=O) groups excluding carboxylic acids is 1. The number of halogens is 2. The van der Waals surface area contributed by atoms with Crippen LogP contribution >= 0.6 is 24.0 Å². The standard InChI is InChI=1S/C31H36ClN3O6S.ClH/c1-35(2)18-9-19-41-26-20-21(12-14-24(26)32)28-23(22-10-5-6-11-27(22)42(3,39)40)13-15-25(33-28)29(36)34-31(30(37)38)16-7-4-8-17-31;/h5-6,10-15,20H,4,7-9,16-19H2,1-3H3,(H,34,36)(H,37,38);1H. The summed E-state index contributed by atoms with van der Waals surface area (Å²) in [5.74, 6) is -1.25. The lowest BCUT2D eigenvalue weighted by atomic mass is 9.81. The fourth-order valence-corrected chi connectivity index (χ4v) is 6.26. The van der Waals surface area contributed by atoms with Crippen LogP contribution in [0.3, 0.4) is 0 Å². The van der Waals surface area contributed by atoms with Gasteiger partial charge in [-0.1, -0.05) is 55.1 Å². The topological polar surface area (TPSA) is 126 Å². The van der Waals surface area contributed by atoms with E-state index in [1.165, 1.54) is 12.1 Å². The Kier molecular flexibility index (Phi) is 11.6. The number of aliphatic carboxylic acids is 1. The first-order valence-corrected chi connectivity index (χ1v) is 16.1. The van der Waals surface area contributed by atoms with E-state index in [9.17, 15) is 23.1 Å². The maximum Gasteiger partial charge on any atom is 0.329 e. The van der Waals surface area contributed by atoms with Crippen LogP contribution in [0.5, 0.6) is 5.75 Å². The normalized spacial score (nSPS) is 14.5. The molecule has 43 heavy (non-hydrogen) atoms. The maximum absolute atomic E-state index is 13.4. The maximum atomic E-state index is 13.4. The summed E-state index contributed by atoms with van der Waals surface area (Å²) in [6, 6.07) is 14.8. The van der Waals surface area contributed by atoms with Gasteiger partial charge in [-0.25, -0.2) is 18.2 Å². The van der Waals surface area contributed by atoms with Crippen LogP contribution in [0.4, 0.5) is 0 Å². The first-order valence-electron chi connectivity index (χ1n) is 13.9. The number of carboxylic acid groups (broad SMARTS) is 1. The number of pyridine rings is 1. The first kappa shape index (κ1) is 34.3. The molecular formula is C31H37Cl2N3O6S. The monoisotopic (exact) mass is 649 g/mol. The van der Waals surface area contributed by atoms with E-state index in [2.05, 4.69) is 15.2 Å². The molecule has 2 N–H and O–H groups in total. The van der Waals surface area contributed by atoms with Gasteiger partial charge in [-0.05, 0) is 63.7 Å². The number of ether oxygens (including phenoxy) is 1. The average molecular weight is 651 g/mol. The zero-order valence-corrected chi connectivity index (χ0v) is 26.8. The molecule has 0 radical (unpaired) electrons. The highest BCUT2D eigenvalue weighted by Gasteiger charge is 2.41. The van der Waals surface area contributed by atoms with Gasteiger partial charge in [0.15, 0.2) is 9.84 Å². The second-order valence-electron chi connectivity index (χ2n) is 10.9. The van der Waals surface area contributed by atoms with Crippen LogP contribution < -0.4 is 10.1 Å². The van der Waals surface area contributed by atoms with Crippen molar-refractivity contribution >= 4 is 45.7 Å². The third kappa shape index (κ3) is 8.26. The molecule has 4 rings (SSSR count). The lowest BCUT2D eigenvalue weighted by Crippen LogP contribution is -2.55. The van der Waals surface area contributed by atoms with Crippen molar-refractivity contribution in [3.63, 3.8) is 0 Å². The molecule has 0 bridgehead atoms. The summed E-state index contributed by atoms with van der Waals surface area (Å²) >= 11 is 6.45. The third-order valence-electron chi connectivity index (χ3n) is 7.39. The van der Waals surface area contributed by atoms with E-state index in [1.807, 2.05) is 14.1 Å². The zero-order chi connectivity index (χ0) is 30.5. The largest absolute Gasteiger partial charge is 0.492 e. The molecule has 1 aromatic heterocycles. The molecule has 0 spiro atoms. The van der Waals surface area contributed by atoms with Crippen molar-refractivity contribution in [2.24, 2.45) is 0 Å². The first-order chi connectivity index (χ1) is 19.9. The number of aromatic nitrogens is 1. The van der Waals surface area contributed by atoms with Gasteiger partial charge in [0.1, 0.15) is 17.0 Å². The number of hydrogen-bond donors (Lipinski definition) is 2. The summed E-state index contributed by atoms with van der Waals surface area (Å²) in [5.41, 5.74) is 0.459. The van der Waals surface area contributed by atoms with Gasteiger partial charge in [0.25, 0.3) is 5.91 Å². The van der Waals surface area contributed by atoms with Gasteiger partial charge < -0.3 is 20.1 Å². The van der Waals surface area contributed by atoms with E-state index in [4.69, 9.17) is 16.3 Å². The van der Waals surface area contributed by atoms with Crippen LogP contribution in [-0.2, 0) is 14.6 Å². The van der Waals surface area contributed by atoms with Gasteiger partial charge in [0.2, 0.25) is 0 Å². The lowest BCUT2D eigenvalue weighted by molar-refractivity contribution is -0.145. The van der Waals surface area contributed by atoms with Gasteiger partial charge in [-0.3, -0.25) is 4.79 Å². The van der Waals surface area contributed by atoms with Crippen LogP contribution in [0.2, 0.25) is 5.02 Å². The summed E-state index contributed by atoms with van der Waals surface area (Å²) < 4.78 is 31.3. The highest BCUT2D eigenvalue weighted by Crippen LogP contribution is 2.38. The molecule has 12 heteroatoms. The van der Waals surface area contributed by atoms with Gasteiger partial charge in [-0.2, -0.15) is 0 Å². The Hall–Kier alpha value is -3.18. The van der Waals surface area contributed by atoms with Gasteiger partial charge >= 0.3 is 5.97 Å². The van der Waals surface area contributed by atoms with E-state index in [0.29, 0.717) is 65.4 Å². The van der Waals surface area contributed by atoms with Crippen LogP contribution in [-0.4, -0.2) is 74.3 Å². The molecule has 1 fully saturated rings. The van der Waals surface area contributed by atoms with Gasteiger partial charge in [0, 0.05) is 29.5 Å². The quantitative estimate of drug-likeness (QED) is 0.252. The minimum absolute atomic E-state index is 0. The summed E-state index contributed by atoms with van der Waals surface area (Å²) in [6.45, 7) is 1.26. The fourth-order valence-electron chi connectivity index (χ4n) is 5.19. The van der Waals surface area contributed by atoms with Gasteiger partial charge in [0.05, 0.1) is 22.2 Å². The molecular weight excluding hydrogens is 613 g/mol. The number of amides is 1. The van der Waals surface area contributed by atoms with Crippen molar-refractivity contribution in [3.8, 4) is 28.1 Å². The van der Waals surface area contributed by atoms with Crippen LogP contribution in [0, 0.1) is 0 Å². The molecule has 1 aliphatic carbocycles. The molecule has 0 saturated heterocycles. The highest BCUT2D eigenvalue weighted by molar-refractivity contribution is 7.90. The number of nitrogens with one attached hydrogen (secondary N) is 1. The van der Waals surface area contributed by atoms with Crippen molar-refractivity contribution in [1.29, 1.82) is 0 Å². The minimum atomic E-state index is -3.60. The van der Waals surface area contributed by atoms with Crippen molar-refractivity contribution in [1.82, 2.24) is 15.2 Å². The van der Waals surface area contributed by atoms with Crippen LogP contribution in [0.25, 0.3) is 22.4 Å². The Labute approximate surface area is 263 Å². The number of hydrogen-bond acceptors (Lipinski definition) is 7. The Morgan fingerprint density at radius 2 is 1.74 bits per heavy atom. The van der Waals surface area contributed by atoms with Crippen LogP contribution in [0.1, 0.15) is 49.0 Å². The number of nitrogens with zero attached hydrogens (tertiary/aromatic N) is 2. The molecule has 3 aromatic rings. The van der Waals surface area contributed by atoms with Crippen molar-refractivity contribution < 1.29 is 27.9 Å². The Morgan fingerprint density at radius 1 is 1.05 bits per heavy atom. The average Bonchev–Trinajstić information content (AvgIpc) is 2.95. The van der Waals surface area contributed by atoms with E-state index < -0.39 is 27.3 Å². The molecule has 1 heterocycles. The van der Waals surface area contributed by atoms with Crippen molar-refractivity contribution in [3.05, 3.63) is 65.3 Å². The van der Waals surface area contributed by atoms with E-state index >= 15 is 0 Å². The molecule has 1 amide bonds. The van der Waals surface area contributed by atoms with Crippen molar-refractivity contribution in [2.45, 2.75) is 49.0 Å². The number of carbonyl (C=O) groups is 2. The lowest BCUT2D eigenvalue weighted by Gasteiger charge is -2.33. The third-order valence-corrected chi connectivity index (χ3v) is 8.85. The van der Waals surface area contributed by atoms with E-state index in [1.54, 1.807) is 42.5 Å². The summed E-state index contributed by atoms with van der Waals surface area (Å²) in [5, 5.41) is 13.1. The molecule has 0 atom stereocenters. The summed E-state index contributed by atoms with van der Waals surface area (Å²) in [7, 11) is 0.351. The second kappa shape index (κ2) is 14.5. The van der Waals surface area contributed by atoms with E-state index in [-0.39, 0.29) is 23.0 Å². The van der Waals surface area contributed by atoms with Gasteiger partial charge in [-0.15, -0.1) is 12.4 Å². The second-order valence-corrected chi connectivity index (χ2v) is 13.3. The molecule has 1 aliphatic rings. The molecule has 9 nitrogen and oxygen atoms in total. The Bertz CT molecular complexity index is 1570. The molecule has 0 aliphatic heterocycles. The fraction of sp³-hybridized carbons (Fsp3) is 0.387. The number of rotatable bonds is 11. The van der Waals surface area contributed by atoms with Crippen molar-refractivity contribution in [2.75, 3.05) is 33.5 Å². The predicted molar refractivity (Wildman–Crippen MR) is 170 cm³/mol. The minimum Gasteiger partial charge on any atom is -0.492 e. The molecule has 0 unspecified atom stereocenters. The van der Waals surface area contributed by atoms with Crippen LogP contribution in [0.15, 0.2) is 59.5 Å². The summed E-state index contributed by atoms with van der Waals surface area (Å²) in [6.07, 6.45) is 4.91. The molecule has 232 valence electrons. The predicted octanol–water partition coefficient (Wildman–Crippen LogP) is 5.74. The zero-order valence-electron chi connectivity index (χ0n) is 24.4. The Morgan fingerprint density at radius 3 is 2.40 bits per heavy atom. The molecule has 2 aromatic carbocycles. The van der Waals surface area contributed by atoms with E-state index in [0.717, 1.165) is 25.6 Å². The smallest absolute Gasteiger partial charge is 0.329 e. The highest BCUT2D eigenvalue weighted by atomic mass is 35.5. The SMILES string of the molecule is CN(C)CCCOc1cc(-c2nc(C(=O)NC3(C(=O)O)CCCCC3)ccc2-c2ccccc2S(C)(=O)=O)ccc1Cl.Cl. The number of sulfone groups is 1. The Balaban J connectivity index is 0.00000506. The molecule has 1 saturated carbocycles.